The molecule has 1 rings (SSSR count). The first kappa shape index (κ1) is 9.45. The van der Waals surface area contributed by atoms with Crippen molar-refractivity contribution in [1.29, 1.82) is 5.26 Å². The highest BCUT2D eigenvalue weighted by Gasteiger charge is 2.20. The van der Waals surface area contributed by atoms with Crippen molar-refractivity contribution < 1.29 is 17.6 Å². The lowest BCUT2D eigenvalue weighted by molar-refractivity contribution is 0.144. The molecule has 0 unspecified atom stereocenters. The molecule has 1 heterocycles. The SMILES string of the molecule is N#Cc1c(C(F)F)ncc(F)c1F. The number of aromatic nitrogens is 1. The maximum absolute atomic E-state index is 12.7. The predicted molar refractivity (Wildman–Crippen MR) is 33.8 cm³/mol. The molecule has 68 valence electrons. The summed E-state index contributed by atoms with van der Waals surface area (Å²) in [6.45, 7) is 0. The van der Waals surface area contributed by atoms with E-state index >= 15 is 0 Å². The molecule has 0 radical (unpaired) electrons. The Morgan fingerprint density at radius 3 is 2.46 bits per heavy atom. The molecule has 13 heavy (non-hydrogen) atoms. The monoisotopic (exact) mass is 190 g/mol. The molecule has 1 aromatic heterocycles. The summed E-state index contributed by atoms with van der Waals surface area (Å²) in [6.07, 6.45) is -2.78. The van der Waals surface area contributed by atoms with Gasteiger partial charge in [0.15, 0.2) is 11.6 Å². The third-order valence-electron chi connectivity index (χ3n) is 1.32. The first-order valence-electron chi connectivity index (χ1n) is 3.10. The number of halogens is 4. The molecular weight excluding hydrogens is 188 g/mol. The van der Waals surface area contributed by atoms with E-state index in [0.29, 0.717) is 6.20 Å². The summed E-state index contributed by atoms with van der Waals surface area (Å²) in [4.78, 5) is 2.92. The third-order valence-corrected chi connectivity index (χ3v) is 1.32. The van der Waals surface area contributed by atoms with Gasteiger partial charge in [0.05, 0.1) is 6.20 Å². The summed E-state index contributed by atoms with van der Waals surface area (Å²) < 4.78 is 49.1. The fraction of sp³-hybridized carbons (Fsp3) is 0.143. The normalized spacial score (nSPS) is 10.2. The van der Waals surface area contributed by atoms with Crippen molar-refractivity contribution in [2.24, 2.45) is 0 Å². The van der Waals surface area contributed by atoms with Crippen LogP contribution in [0.15, 0.2) is 6.20 Å². The van der Waals surface area contributed by atoms with Crippen LogP contribution in [0, 0.1) is 23.0 Å². The van der Waals surface area contributed by atoms with Crippen LogP contribution in [0.5, 0.6) is 0 Å². The summed E-state index contributed by atoms with van der Waals surface area (Å²) in [6, 6.07) is 1.13. The number of alkyl halides is 2. The number of rotatable bonds is 1. The molecule has 0 bridgehead atoms. The summed E-state index contributed by atoms with van der Waals surface area (Å²) in [5.41, 5.74) is -2.09. The smallest absolute Gasteiger partial charge is 0.251 e. The Morgan fingerprint density at radius 2 is 2.00 bits per heavy atom. The first-order chi connectivity index (χ1) is 6.07. The highest BCUT2D eigenvalue weighted by atomic mass is 19.3. The summed E-state index contributed by atoms with van der Waals surface area (Å²) in [5, 5.41) is 8.24. The van der Waals surface area contributed by atoms with E-state index in [9.17, 15) is 17.6 Å². The maximum atomic E-state index is 12.7. The maximum Gasteiger partial charge on any atom is 0.281 e. The second-order valence-corrected chi connectivity index (χ2v) is 2.09. The van der Waals surface area contributed by atoms with E-state index in [1.807, 2.05) is 0 Å². The predicted octanol–water partition coefficient (Wildman–Crippen LogP) is 2.17. The molecule has 0 atom stereocenters. The minimum absolute atomic E-state index is 0.317. The molecule has 6 heteroatoms. The van der Waals surface area contributed by atoms with Crippen LogP contribution in [0.4, 0.5) is 17.6 Å². The molecule has 0 N–H and O–H groups in total. The molecule has 2 nitrogen and oxygen atoms in total. The number of hydrogen-bond donors (Lipinski definition) is 0. The zero-order valence-corrected chi connectivity index (χ0v) is 6.06. The van der Waals surface area contributed by atoms with E-state index < -0.39 is 29.3 Å². The van der Waals surface area contributed by atoms with Gasteiger partial charge in [-0.05, 0) is 0 Å². The quantitative estimate of drug-likeness (QED) is 0.636. The van der Waals surface area contributed by atoms with Gasteiger partial charge in [0.2, 0.25) is 0 Å². The van der Waals surface area contributed by atoms with Crippen molar-refractivity contribution in [3.63, 3.8) is 0 Å². The van der Waals surface area contributed by atoms with Gasteiger partial charge in [-0.1, -0.05) is 0 Å². The van der Waals surface area contributed by atoms with Gasteiger partial charge in [0, 0.05) is 0 Å². The van der Waals surface area contributed by atoms with Crippen molar-refractivity contribution in [2.45, 2.75) is 6.43 Å². The Balaban J connectivity index is 3.41. The average Bonchev–Trinajstić information content (AvgIpc) is 2.09. The first-order valence-corrected chi connectivity index (χ1v) is 3.10. The Kier molecular flexibility index (Phi) is 2.46. The van der Waals surface area contributed by atoms with Crippen LogP contribution < -0.4 is 0 Å². The molecule has 0 saturated carbocycles. The van der Waals surface area contributed by atoms with Gasteiger partial charge in [-0.3, -0.25) is 4.98 Å². The molecule has 0 aliphatic heterocycles. The van der Waals surface area contributed by atoms with Crippen LogP contribution in [0.25, 0.3) is 0 Å². The lowest BCUT2D eigenvalue weighted by Gasteiger charge is -2.01. The molecule has 0 aliphatic carbocycles. The molecule has 0 fully saturated rings. The van der Waals surface area contributed by atoms with Crippen molar-refractivity contribution in [2.75, 3.05) is 0 Å². The van der Waals surface area contributed by atoms with Crippen molar-refractivity contribution in [3.8, 4) is 6.07 Å². The summed E-state index contributed by atoms with van der Waals surface area (Å²) >= 11 is 0. The number of nitriles is 1. The van der Waals surface area contributed by atoms with Crippen LogP contribution in [-0.4, -0.2) is 4.98 Å². The highest BCUT2D eigenvalue weighted by Crippen LogP contribution is 2.22. The Labute approximate surface area is 70.4 Å². The Bertz CT molecular complexity index is 369. The van der Waals surface area contributed by atoms with Gasteiger partial charge in [0.25, 0.3) is 6.43 Å². The van der Waals surface area contributed by atoms with Gasteiger partial charge in [-0.2, -0.15) is 5.26 Å². The molecule has 1 aromatic rings. The summed E-state index contributed by atoms with van der Waals surface area (Å²) in [7, 11) is 0. The van der Waals surface area contributed by atoms with Gasteiger partial charge in [0.1, 0.15) is 17.3 Å². The molecule has 0 amide bonds. The fourth-order valence-electron chi connectivity index (χ4n) is 0.751. The largest absolute Gasteiger partial charge is 0.281 e. The second kappa shape index (κ2) is 3.39. The standard InChI is InChI=1S/C7H2F4N2/c8-4-2-13-6(7(10)11)3(1-12)5(4)9/h2,7H. The van der Waals surface area contributed by atoms with E-state index in [0.717, 1.165) is 6.07 Å². The average molecular weight is 190 g/mol. The molecule has 0 saturated heterocycles. The number of hydrogen-bond acceptors (Lipinski definition) is 2. The van der Waals surface area contributed by atoms with Gasteiger partial charge in [-0.15, -0.1) is 0 Å². The lowest BCUT2D eigenvalue weighted by Crippen LogP contribution is -2.01. The minimum Gasteiger partial charge on any atom is -0.251 e. The zero-order chi connectivity index (χ0) is 10.0. The molecular formula is C7H2F4N2. The van der Waals surface area contributed by atoms with Gasteiger partial charge < -0.3 is 0 Å². The minimum atomic E-state index is -3.09. The number of nitrogens with zero attached hydrogens (tertiary/aromatic N) is 2. The zero-order valence-electron chi connectivity index (χ0n) is 6.06. The van der Waals surface area contributed by atoms with E-state index in [4.69, 9.17) is 5.26 Å². The van der Waals surface area contributed by atoms with Crippen LogP contribution in [0.3, 0.4) is 0 Å². The third kappa shape index (κ3) is 1.59. The van der Waals surface area contributed by atoms with Crippen LogP contribution in [0.2, 0.25) is 0 Å². The number of pyridine rings is 1. The van der Waals surface area contributed by atoms with E-state index in [-0.39, 0.29) is 0 Å². The molecule has 0 aliphatic rings. The van der Waals surface area contributed by atoms with E-state index in [1.165, 1.54) is 0 Å². The van der Waals surface area contributed by atoms with Crippen molar-refractivity contribution >= 4 is 0 Å². The van der Waals surface area contributed by atoms with E-state index in [1.54, 1.807) is 0 Å². The highest BCUT2D eigenvalue weighted by molar-refractivity contribution is 5.35. The molecule has 0 aromatic carbocycles. The van der Waals surface area contributed by atoms with Crippen LogP contribution >= 0.6 is 0 Å². The Morgan fingerprint density at radius 1 is 1.38 bits per heavy atom. The van der Waals surface area contributed by atoms with E-state index in [2.05, 4.69) is 4.98 Å². The molecule has 0 spiro atoms. The topological polar surface area (TPSA) is 36.7 Å². The van der Waals surface area contributed by atoms with Gasteiger partial charge in [-0.25, -0.2) is 17.6 Å². The van der Waals surface area contributed by atoms with Crippen molar-refractivity contribution in [1.82, 2.24) is 4.98 Å². The summed E-state index contributed by atoms with van der Waals surface area (Å²) in [5.74, 6) is -3.01. The second-order valence-electron chi connectivity index (χ2n) is 2.09. The fourth-order valence-corrected chi connectivity index (χ4v) is 0.751. The van der Waals surface area contributed by atoms with Crippen LogP contribution in [-0.2, 0) is 0 Å². The Hall–Kier alpha value is -1.64. The van der Waals surface area contributed by atoms with Crippen LogP contribution in [0.1, 0.15) is 17.7 Å². The van der Waals surface area contributed by atoms with Gasteiger partial charge >= 0.3 is 0 Å². The van der Waals surface area contributed by atoms with Crippen molar-refractivity contribution in [3.05, 3.63) is 29.1 Å². The lowest BCUT2D eigenvalue weighted by atomic mass is 10.2.